The predicted molar refractivity (Wildman–Crippen MR) is 112 cm³/mol. The van der Waals surface area contributed by atoms with Gasteiger partial charge in [-0.25, -0.2) is 9.78 Å². The van der Waals surface area contributed by atoms with E-state index in [1.807, 2.05) is 35.3 Å². The second-order valence-corrected chi connectivity index (χ2v) is 6.84. The number of carboxylic acid groups (broad SMARTS) is 1. The fraction of sp³-hybridized carbons (Fsp3) is 0.0952. The van der Waals surface area contributed by atoms with Crippen LogP contribution >= 0.6 is 0 Å². The number of nitrogens with one attached hydrogen (secondary N) is 3. The molecule has 0 radical (unpaired) electrons. The number of hydrogen-bond acceptors (Lipinski definition) is 5. The number of fused-ring (bicyclic) bond motifs is 1. The molecule has 0 saturated heterocycles. The molecule has 2 aromatic heterocycles. The molecule has 1 amide bonds. The third-order valence-electron chi connectivity index (χ3n) is 4.73. The van der Waals surface area contributed by atoms with Crippen molar-refractivity contribution in [2.45, 2.75) is 12.5 Å². The average molecular weight is 419 g/mol. The molecule has 0 aliphatic carbocycles. The largest absolute Gasteiger partial charge is 0.481 e. The molecule has 10 nitrogen and oxygen atoms in total. The Balaban J connectivity index is 1.71. The van der Waals surface area contributed by atoms with Crippen molar-refractivity contribution in [3.63, 3.8) is 0 Å². The molecular weight excluding hydrogens is 402 g/mol. The van der Waals surface area contributed by atoms with Crippen molar-refractivity contribution in [2.75, 3.05) is 5.32 Å². The van der Waals surface area contributed by atoms with Gasteiger partial charge in [-0.15, -0.1) is 0 Å². The highest BCUT2D eigenvalue weighted by molar-refractivity contribution is 6.03. The van der Waals surface area contributed by atoms with Crippen molar-refractivity contribution in [2.24, 2.45) is 0 Å². The van der Waals surface area contributed by atoms with Crippen molar-refractivity contribution in [3.8, 4) is 0 Å². The van der Waals surface area contributed by atoms with Crippen LogP contribution in [0.15, 0.2) is 70.5 Å². The molecule has 1 unspecified atom stereocenters. The molecule has 0 bridgehead atoms. The zero-order valence-corrected chi connectivity index (χ0v) is 16.0. The molecule has 1 atom stereocenters. The number of anilines is 1. The molecule has 10 heteroatoms. The van der Waals surface area contributed by atoms with E-state index in [1.54, 1.807) is 29.1 Å². The highest BCUT2D eigenvalue weighted by Crippen LogP contribution is 2.28. The molecule has 4 rings (SSSR count). The van der Waals surface area contributed by atoms with Gasteiger partial charge in [0.1, 0.15) is 5.69 Å². The van der Waals surface area contributed by atoms with Crippen LogP contribution in [0, 0.1) is 0 Å². The lowest BCUT2D eigenvalue weighted by Crippen LogP contribution is -2.27. The SMILES string of the molecule is O=C(O)CC(c1ccccc1)n1cnc2ccc(NC(=O)c3cc(=O)[nH]c(=O)[nH]3)cc21. The van der Waals surface area contributed by atoms with E-state index in [-0.39, 0.29) is 12.1 Å². The number of aromatic amines is 2. The number of carboxylic acids is 1. The lowest BCUT2D eigenvalue weighted by atomic mass is 10.0. The number of carbonyl (C=O) groups excluding carboxylic acids is 1. The van der Waals surface area contributed by atoms with Crippen molar-refractivity contribution in [1.82, 2.24) is 19.5 Å². The summed E-state index contributed by atoms with van der Waals surface area (Å²) in [6.45, 7) is 0. The highest BCUT2D eigenvalue weighted by Gasteiger charge is 2.20. The fourth-order valence-electron chi connectivity index (χ4n) is 3.36. The van der Waals surface area contributed by atoms with Gasteiger partial charge in [0.15, 0.2) is 0 Å². The first kappa shape index (κ1) is 19.8. The number of nitrogens with zero attached hydrogens (tertiary/aromatic N) is 2. The minimum atomic E-state index is -0.960. The van der Waals surface area contributed by atoms with Crippen LogP contribution in [0.5, 0.6) is 0 Å². The molecule has 4 N–H and O–H groups in total. The minimum absolute atomic E-state index is 0.153. The smallest absolute Gasteiger partial charge is 0.326 e. The number of imidazole rings is 1. The molecule has 0 aliphatic heterocycles. The minimum Gasteiger partial charge on any atom is -0.481 e. The van der Waals surface area contributed by atoms with Crippen molar-refractivity contribution in [3.05, 3.63) is 93.0 Å². The summed E-state index contributed by atoms with van der Waals surface area (Å²) in [7, 11) is 0. The summed E-state index contributed by atoms with van der Waals surface area (Å²) in [5, 5.41) is 12.0. The van der Waals surface area contributed by atoms with E-state index >= 15 is 0 Å². The zero-order chi connectivity index (χ0) is 22.0. The van der Waals surface area contributed by atoms with Crippen LogP contribution < -0.4 is 16.6 Å². The molecule has 0 saturated carbocycles. The van der Waals surface area contributed by atoms with Gasteiger partial charge in [0, 0.05) is 11.8 Å². The van der Waals surface area contributed by atoms with Gasteiger partial charge in [-0.1, -0.05) is 30.3 Å². The van der Waals surface area contributed by atoms with Crippen molar-refractivity contribution >= 4 is 28.6 Å². The van der Waals surface area contributed by atoms with Crippen LogP contribution in [0.2, 0.25) is 0 Å². The van der Waals surface area contributed by atoms with Crippen molar-refractivity contribution in [1.29, 1.82) is 0 Å². The Bertz CT molecular complexity index is 1360. The summed E-state index contributed by atoms with van der Waals surface area (Å²) in [4.78, 5) is 55.4. The highest BCUT2D eigenvalue weighted by atomic mass is 16.4. The topological polar surface area (TPSA) is 150 Å². The maximum atomic E-state index is 12.4. The molecule has 0 spiro atoms. The number of hydrogen-bond donors (Lipinski definition) is 4. The van der Waals surface area contributed by atoms with Gasteiger partial charge in [-0.05, 0) is 23.8 Å². The number of aliphatic carboxylic acids is 1. The Morgan fingerprint density at radius 3 is 2.55 bits per heavy atom. The van der Waals surface area contributed by atoms with E-state index in [9.17, 15) is 24.3 Å². The molecule has 0 aliphatic rings. The number of aromatic nitrogens is 4. The van der Waals surface area contributed by atoms with Gasteiger partial charge in [-0.2, -0.15) is 0 Å². The molecule has 0 fully saturated rings. The first-order valence-corrected chi connectivity index (χ1v) is 9.29. The van der Waals surface area contributed by atoms with E-state index in [0.29, 0.717) is 16.7 Å². The van der Waals surface area contributed by atoms with Gasteiger partial charge in [0.25, 0.3) is 11.5 Å². The maximum Gasteiger partial charge on any atom is 0.326 e. The Hall–Kier alpha value is -4.47. The summed E-state index contributed by atoms with van der Waals surface area (Å²) < 4.78 is 1.74. The van der Waals surface area contributed by atoms with E-state index < -0.39 is 29.2 Å². The van der Waals surface area contributed by atoms with Gasteiger partial charge >= 0.3 is 11.7 Å². The standard InChI is InChI=1S/C21H17N5O5/c27-18-9-15(24-21(31)25-18)20(30)23-13-6-7-14-17(8-13)26(11-22-14)16(10-19(28)29)12-4-2-1-3-5-12/h1-9,11,16H,10H2,(H,23,30)(H,28,29)(H2,24,25,27,31). The molecular formula is C21H17N5O5. The van der Waals surface area contributed by atoms with Crippen LogP contribution in [0.4, 0.5) is 5.69 Å². The van der Waals surface area contributed by atoms with Crippen LogP contribution in [-0.4, -0.2) is 36.5 Å². The van der Waals surface area contributed by atoms with Crippen LogP contribution in [0.1, 0.15) is 28.5 Å². The van der Waals surface area contributed by atoms with Crippen LogP contribution in [-0.2, 0) is 4.79 Å². The third-order valence-corrected chi connectivity index (χ3v) is 4.73. The Morgan fingerprint density at radius 1 is 1.06 bits per heavy atom. The summed E-state index contributed by atoms with van der Waals surface area (Å²) in [5.41, 5.74) is 0.770. The van der Waals surface area contributed by atoms with Crippen LogP contribution in [0.25, 0.3) is 11.0 Å². The lowest BCUT2D eigenvalue weighted by Gasteiger charge is -2.18. The molecule has 4 aromatic rings. The zero-order valence-electron chi connectivity index (χ0n) is 16.0. The summed E-state index contributed by atoms with van der Waals surface area (Å²) in [6.07, 6.45) is 1.41. The molecule has 2 aromatic carbocycles. The van der Waals surface area contributed by atoms with Gasteiger partial charge in [-0.3, -0.25) is 19.4 Å². The van der Waals surface area contributed by atoms with E-state index in [4.69, 9.17) is 0 Å². The van der Waals surface area contributed by atoms with Crippen molar-refractivity contribution < 1.29 is 14.7 Å². The summed E-state index contributed by atoms with van der Waals surface area (Å²) >= 11 is 0. The van der Waals surface area contributed by atoms with Gasteiger partial charge in [0.05, 0.1) is 29.8 Å². The Labute approximate surface area is 174 Å². The number of benzene rings is 2. The Morgan fingerprint density at radius 2 is 1.84 bits per heavy atom. The average Bonchev–Trinajstić information content (AvgIpc) is 3.15. The first-order chi connectivity index (χ1) is 14.9. The second-order valence-electron chi connectivity index (χ2n) is 6.84. The summed E-state index contributed by atoms with van der Waals surface area (Å²) in [5.74, 6) is -1.63. The normalized spacial score (nSPS) is 11.9. The number of rotatable bonds is 6. The lowest BCUT2D eigenvalue weighted by molar-refractivity contribution is -0.137. The number of H-pyrrole nitrogens is 2. The molecule has 156 valence electrons. The van der Waals surface area contributed by atoms with Gasteiger partial charge in [0.2, 0.25) is 0 Å². The first-order valence-electron chi connectivity index (χ1n) is 9.29. The second kappa shape index (κ2) is 8.11. The fourth-order valence-corrected chi connectivity index (χ4v) is 3.36. The number of carbonyl (C=O) groups is 2. The summed E-state index contributed by atoms with van der Waals surface area (Å²) in [6, 6.07) is 14.6. The van der Waals surface area contributed by atoms with Gasteiger partial charge < -0.3 is 20.0 Å². The predicted octanol–water partition coefficient (Wildman–Crippen LogP) is 1.73. The number of amides is 1. The van der Waals surface area contributed by atoms with Crippen LogP contribution in [0.3, 0.4) is 0 Å². The van der Waals surface area contributed by atoms with E-state index in [2.05, 4.69) is 15.3 Å². The maximum absolute atomic E-state index is 12.4. The third kappa shape index (κ3) is 4.27. The monoisotopic (exact) mass is 419 g/mol. The van der Waals surface area contributed by atoms with E-state index in [0.717, 1.165) is 11.6 Å². The molecule has 2 heterocycles. The van der Waals surface area contributed by atoms with E-state index in [1.165, 1.54) is 0 Å². The molecule has 31 heavy (non-hydrogen) atoms. The quantitative estimate of drug-likeness (QED) is 0.374. The Kier molecular flexibility index (Phi) is 5.19.